The number of amides is 1. The molecule has 25 heavy (non-hydrogen) atoms. The van der Waals surface area contributed by atoms with Crippen LogP contribution >= 0.6 is 0 Å². The van der Waals surface area contributed by atoms with Crippen LogP contribution in [-0.2, 0) is 28.8 Å². The molecule has 1 aliphatic rings. The van der Waals surface area contributed by atoms with E-state index in [1.54, 1.807) is 20.8 Å². The number of carbonyl (C=O) groups excluding carboxylic acids is 1. The molecule has 0 saturated heterocycles. The summed E-state index contributed by atoms with van der Waals surface area (Å²) in [6.45, 7) is 5.23. The van der Waals surface area contributed by atoms with Gasteiger partial charge in [0, 0.05) is 6.42 Å². The fraction of sp³-hybridized carbons (Fsp3) is 0.400. The highest BCUT2D eigenvalue weighted by atomic mass is 16.6. The maximum Gasteiger partial charge on any atom is 0.408 e. The highest BCUT2D eigenvalue weighted by Gasteiger charge is 2.25. The van der Waals surface area contributed by atoms with Gasteiger partial charge in [0.2, 0.25) is 0 Å². The van der Waals surface area contributed by atoms with E-state index in [1.165, 1.54) is 16.5 Å². The van der Waals surface area contributed by atoms with Crippen LogP contribution in [0.5, 0.6) is 0 Å². The van der Waals surface area contributed by atoms with Crippen molar-refractivity contribution in [3.05, 3.63) is 47.0 Å². The molecule has 2 N–H and O–H groups in total. The van der Waals surface area contributed by atoms with Gasteiger partial charge >= 0.3 is 12.1 Å². The Morgan fingerprint density at radius 1 is 1.16 bits per heavy atom. The SMILES string of the molecule is CC(C)(C)OC(=O)NC(Cc1ccc2c3c(cccc13)CC2)C(=O)O. The van der Waals surface area contributed by atoms with Gasteiger partial charge in [-0.1, -0.05) is 30.3 Å². The van der Waals surface area contributed by atoms with Gasteiger partial charge in [0.05, 0.1) is 0 Å². The van der Waals surface area contributed by atoms with Crippen LogP contribution < -0.4 is 5.32 Å². The minimum atomic E-state index is -1.07. The summed E-state index contributed by atoms with van der Waals surface area (Å²) in [5.41, 5.74) is 2.86. The summed E-state index contributed by atoms with van der Waals surface area (Å²) in [5, 5.41) is 14.3. The second kappa shape index (κ2) is 6.39. The van der Waals surface area contributed by atoms with Crippen molar-refractivity contribution in [3.63, 3.8) is 0 Å². The number of carboxylic acids is 1. The minimum absolute atomic E-state index is 0.217. The first-order valence-corrected chi connectivity index (χ1v) is 8.49. The van der Waals surface area contributed by atoms with E-state index >= 15 is 0 Å². The van der Waals surface area contributed by atoms with Gasteiger partial charge in [0.25, 0.3) is 0 Å². The molecule has 0 heterocycles. The standard InChI is InChI=1S/C20H23NO4/c1-20(2,3)25-19(24)21-16(18(22)23)11-14-10-9-13-8-7-12-5-4-6-15(14)17(12)13/h4-6,9-10,16H,7-8,11H2,1-3H3,(H,21,24)(H,22,23). The van der Waals surface area contributed by atoms with Gasteiger partial charge in [-0.15, -0.1) is 0 Å². The Kier molecular flexibility index (Phi) is 4.41. The van der Waals surface area contributed by atoms with Gasteiger partial charge in [0.15, 0.2) is 0 Å². The lowest BCUT2D eigenvalue weighted by Crippen LogP contribution is -2.44. The Balaban J connectivity index is 1.85. The van der Waals surface area contributed by atoms with Crippen LogP contribution in [0.2, 0.25) is 0 Å². The van der Waals surface area contributed by atoms with E-state index < -0.39 is 23.7 Å². The summed E-state index contributed by atoms with van der Waals surface area (Å²) in [6.07, 6.45) is 1.55. The maximum absolute atomic E-state index is 11.9. The van der Waals surface area contributed by atoms with Crippen molar-refractivity contribution in [2.45, 2.75) is 51.7 Å². The monoisotopic (exact) mass is 341 g/mol. The smallest absolute Gasteiger partial charge is 0.408 e. The average molecular weight is 341 g/mol. The number of hydrogen-bond donors (Lipinski definition) is 2. The number of aryl methyl sites for hydroxylation is 2. The van der Waals surface area contributed by atoms with Gasteiger partial charge in [-0.2, -0.15) is 0 Å². The number of alkyl carbamates (subject to hydrolysis) is 1. The Hall–Kier alpha value is -2.56. The molecular weight excluding hydrogens is 318 g/mol. The third kappa shape index (κ3) is 3.76. The number of nitrogens with one attached hydrogen (secondary N) is 1. The number of carboxylic acid groups (broad SMARTS) is 1. The highest BCUT2D eigenvalue weighted by molar-refractivity contribution is 5.93. The Morgan fingerprint density at radius 2 is 1.84 bits per heavy atom. The van der Waals surface area contributed by atoms with E-state index in [2.05, 4.69) is 17.4 Å². The third-order valence-corrected chi connectivity index (χ3v) is 4.38. The van der Waals surface area contributed by atoms with Gasteiger partial charge in [-0.3, -0.25) is 0 Å². The quantitative estimate of drug-likeness (QED) is 0.893. The van der Waals surface area contributed by atoms with Crippen LogP contribution in [0, 0.1) is 0 Å². The average Bonchev–Trinajstić information content (AvgIpc) is 2.92. The highest BCUT2D eigenvalue weighted by Crippen LogP contribution is 2.33. The summed E-state index contributed by atoms with van der Waals surface area (Å²) in [7, 11) is 0. The van der Waals surface area contributed by atoms with E-state index in [0.29, 0.717) is 0 Å². The summed E-state index contributed by atoms with van der Waals surface area (Å²) in [5.74, 6) is -1.07. The van der Waals surface area contributed by atoms with Gasteiger partial charge in [-0.25, -0.2) is 9.59 Å². The molecule has 2 aromatic rings. The Labute approximate surface area is 147 Å². The molecule has 2 aromatic carbocycles. The van der Waals surface area contributed by atoms with Crippen molar-refractivity contribution in [2.75, 3.05) is 0 Å². The second-order valence-corrected chi connectivity index (χ2v) is 7.46. The molecule has 0 saturated carbocycles. The van der Waals surface area contributed by atoms with Crippen LogP contribution in [0.1, 0.15) is 37.5 Å². The molecule has 5 heteroatoms. The molecule has 1 unspecified atom stereocenters. The molecular formula is C20H23NO4. The lowest BCUT2D eigenvalue weighted by molar-refractivity contribution is -0.139. The van der Waals surface area contributed by atoms with Crippen LogP contribution in [0.3, 0.4) is 0 Å². The first kappa shape index (κ1) is 17.3. The predicted octanol–water partition coefficient (Wildman–Crippen LogP) is 3.46. The number of ether oxygens (including phenoxy) is 1. The van der Waals surface area contributed by atoms with E-state index in [9.17, 15) is 14.7 Å². The molecule has 3 rings (SSSR count). The van der Waals surface area contributed by atoms with E-state index in [-0.39, 0.29) is 6.42 Å². The van der Waals surface area contributed by atoms with Crippen molar-refractivity contribution >= 4 is 22.8 Å². The lowest BCUT2D eigenvalue weighted by Gasteiger charge is -2.22. The zero-order valence-electron chi connectivity index (χ0n) is 14.8. The molecule has 1 amide bonds. The number of rotatable bonds is 4. The minimum Gasteiger partial charge on any atom is -0.480 e. The van der Waals surface area contributed by atoms with Crippen molar-refractivity contribution in [1.29, 1.82) is 0 Å². The predicted molar refractivity (Wildman–Crippen MR) is 95.9 cm³/mol. The van der Waals surface area contributed by atoms with Crippen LogP contribution in [-0.4, -0.2) is 28.8 Å². The molecule has 5 nitrogen and oxygen atoms in total. The number of aliphatic carboxylic acids is 1. The first-order chi connectivity index (χ1) is 11.7. The zero-order valence-corrected chi connectivity index (χ0v) is 14.8. The van der Waals surface area contributed by atoms with Gasteiger partial charge in [-0.05, 0) is 61.1 Å². The van der Waals surface area contributed by atoms with Crippen molar-refractivity contribution in [3.8, 4) is 0 Å². The van der Waals surface area contributed by atoms with Crippen molar-refractivity contribution < 1.29 is 19.4 Å². The molecule has 0 aromatic heterocycles. The Bertz CT molecular complexity index is 825. The van der Waals surface area contributed by atoms with Gasteiger partial charge < -0.3 is 15.2 Å². The van der Waals surface area contributed by atoms with Crippen molar-refractivity contribution in [1.82, 2.24) is 5.32 Å². The van der Waals surface area contributed by atoms with E-state index in [4.69, 9.17) is 4.74 Å². The number of benzene rings is 2. The molecule has 0 bridgehead atoms. The molecule has 1 atom stereocenters. The maximum atomic E-state index is 11.9. The van der Waals surface area contributed by atoms with Crippen LogP contribution in [0.15, 0.2) is 30.3 Å². The summed E-state index contributed by atoms with van der Waals surface area (Å²) >= 11 is 0. The second-order valence-electron chi connectivity index (χ2n) is 7.46. The number of carbonyl (C=O) groups is 2. The first-order valence-electron chi connectivity index (χ1n) is 8.49. The summed E-state index contributed by atoms with van der Waals surface area (Å²) in [4.78, 5) is 23.6. The largest absolute Gasteiger partial charge is 0.480 e. The zero-order chi connectivity index (χ0) is 18.2. The van der Waals surface area contributed by atoms with Crippen molar-refractivity contribution in [2.24, 2.45) is 0 Å². The summed E-state index contributed by atoms with van der Waals surface area (Å²) in [6, 6.07) is 9.16. The molecule has 0 radical (unpaired) electrons. The van der Waals surface area contributed by atoms with E-state index in [0.717, 1.165) is 23.8 Å². The molecule has 0 aliphatic heterocycles. The molecule has 0 fully saturated rings. The summed E-state index contributed by atoms with van der Waals surface area (Å²) < 4.78 is 5.18. The normalized spacial score (nSPS) is 14.4. The van der Waals surface area contributed by atoms with Crippen LogP contribution in [0.4, 0.5) is 4.79 Å². The van der Waals surface area contributed by atoms with Gasteiger partial charge in [0.1, 0.15) is 11.6 Å². The fourth-order valence-electron chi connectivity index (χ4n) is 3.36. The Morgan fingerprint density at radius 3 is 2.48 bits per heavy atom. The molecule has 1 aliphatic carbocycles. The third-order valence-electron chi connectivity index (χ3n) is 4.38. The van der Waals surface area contributed by atoms with E-state index in [1.807, 2.05) is 18.2 Å². The number of hydrogen-bond acceptors (Lipinski definition) is 3. The lowest BCUT2D eigenvalue weighted by atomic mass is 9.96. The van der Waals surface area contributed by atoms with Crippen LogP contribution in [0.25, 0.3) is 10.8 Å². The topological polar surface area (TPSA) is 75.6 Å². The molecule has 0 spiro atoms. The molecule has 132 valence electrons. The fourth-order valence-corrected chi connectivity index (χ4v) is 3.36.